The van der Waals surface area contributed by atoms with Crippen LogP contribution < -0.4 is 16.0 Å². The zero-order chi connectivity index (χ0) is 67.1. The van der Waals surface area contributed by atoms with E-state index in [1.54, 1.807) is 0 Å². The lowest BCUT2D eigenvalue weighted by Gasteiger charge is -2.50. The highest BCUT2D eigenvalue weighted by Gasteiger charge is 2.58. The fourth-order valence-corrected chi connectivity index (χ4v) is 11.0. The Morgan fingerprint density at radius 3 is 1.40 bits per heavy atom. The Morgan fingerprint density at radius 1 is 0.467 bits per heavy atom. The quantitative estimate of drug-likeness (QED) is 0.0340. The molecule has 6 saturated heterocycles. The van der Waals surface area contributed by atoms with Crippen LogP contribution in [0.1, 0.15) is 27.7 Å². The van der Waals surface area contributed by atoms with Crippen molar-refractivity contribution in [3.63, 3.8) is 0 Å². The van der Waals surface area contributed by atoms with Gasteiger partial charge in [-0.2, -0.15) is 8.42 Å². The third-order valence-corrected chi connectivity index (χ3v) is 16.0. The predicted octanol–water partition coefficient (Wildman–Crippen LogP) is -15.4. The van der Waals surface area contributed by atoms with E-state index < -0.39 is 283 Å². The van der Waals surface area contributed by atoms with Crippen molar-refractivity contribution >= 4 is 28.1 Å². The summed E-state index contributed by atoms with van der Waals surface area (Å²) in [5.41, 5.74) is 0. The van der Waals surface area contributed by atoms with Crippen LogP contribution in [0.3, 0.4) is 0 Å². The van der Waals surface area contributed by atoms with E-state index in [9.17, 15) is 120 Å². The Hall–Kier alpha value is -2.96. The molecular formula is C48H83N3O38S. The van der Waals surface area contributed by atoms with Gasteiger partial charge >= 0.3 is 10.4 Å². The molecule has 0 aromatic heterocycles. The number of hydrogen-bond acceptors (Lipinski definition) is 37. The van der Waals surface area contributed by atoms with Crippen LogP contribution in [0.25, 0.3) is 0 Å². The Kier molecular flexibility index (Phi) is 28.0. The van der Waals surface area contributed by atoms with Gasteiger partial charge in [-0.05, 0) is 6.92 Å². The molecule has 0 aliphatic carbocycles. The lowest BCUT2D eigenvalue weighted by Crippen LogP contribution is -2.69. The summed E-state index contributed by atoms with van der Waals surface area (Å²) in [7, 11) is -5.20. The molecule has 0 bridgehead atoms. The van der Waals surface area contributed by atoms with Gasteiger partial charge in [0.05, 0.1) is 58.4 Å². The first-order valence-electron chi connectivity index (χ1n) is 28.0. The first-order chi connectivity index (χ1) is 42.2. The summed E-state index contributed by atoms with van der Waals surface area (Å²) in [6, 6.07) is -5.48. The summed E-state index contributed by atoms with van der Waals surface area (Å²) in [5.74, 6) is -2.73. The zero-order valence-electron chi connectivity index (χ0n) is 48.3. The molecule has 0 unspecified atom stereocenters. The van der Waals surface area contributed by atoms with Gasteiger partial charge in [0, 0.05) is 20.8 Å². The van der Waals surface area contributed by atoms with Gasteiger partial charge in [0.15, 0.2) is 37.7 Å². The Labute approximate surface area is 510 Å². The molecule has 6 rings (SSSR count). The maximum atomic E-state index is 12.8. The van der Waals surface area contributed by atoms with Crippen LogP contribution in [0.5, 0.6) is 0 Å². The maximum Gasteiger partial charge on any atom is 0.397 e. The van der Waals surface area contributed by atoms with Crippen molar-refractivity contribution in [3.05, 3.63) is 0 Å². The minimum absolute atomic E-state index is 0.872. The SMILES string of the molecule is CC(=O)N[C@H]1[C@H](OC[C@H]2O[C@@H](O[C@@H]([C@@H](O)[C@H](O)CO[C@@H]3O[C@H](COS(=O)(=O)O)[C@@H](O)[C@H](O)[C@H]3NC(C)=O)[C@H](CO)NC(C)=O)[C@H](O[C@@H]3O[C@@H](C)[C@@H](O)[C@@H](O)[C@@H]3O)[C@@H](O[C@@H]3O[C@H](CO)[C@H](O)[C@H](O)[C@H]3O)[C@H]2O)O[C@H](CO)[C@@H](O[C@@H]2O[C@H](CO)[C@H](O)[C@H](O)[C@H]2O)[C@@H]1O. The molecule has 6 aliphatic heterocycles. The standard InChI is InChI=1S/C48H83N3O38S/c1-12-25(60)33(68)36(71)45(80-12)89-42-41(88-47-38(73)35(70)28(63)19(7-54)82-47)30(65)21(10-78-44-24(51-15(4)58)32(67)40(20(8-55)83-44)87-46-37(72)34(69)27(62)18(6-53)81-46)85-48(42)86-39(16(5-52)49-13(2)56)26(61)17(59)9-77-43-23(50-14(3)57)31(66)29(64)22(84-43)11-79-90(74,75)76/h12,16-48,52-55,59-73H,5-11H2,1-4H3,(H,49,56)(H,50,57)(H,51,58)(H,74,75,76)/t12-,16-,17+,18+,19+,20+,21+,22+,23+,24+,25+,26-,27-,28-,29+,30-,31+,32+,33+,34-,35-,36-,37+,38+,39+,40+,41-,42+,43+,44+,45-,46-,47-,48-/m0/s1. The molecule has 6 aliphatic rings. The molecule has 41 nitrogen and oxygen atoms in total. The van der Waals surface area contributed by atoms with Crippen molar-refractivity contribution in [2.45, 2.75) is 236 Å². The van der Waals surface area contributed by atoms with Crippen molar-refractivity contribution in [1.29, 1.82) is 0 Å². The summed E-state index contributed by atoms with van der Waals surface area (Å²) in [6.45, 7) is -3.70. The van der Waals surface area contributed by atoms with Crippen LogP contribution >= 0.6 is 0 Å². The van der Waals surface area contributed by atoms with E-state index in [-0.39, 0.29) is 0 Å². The van der Waals surface area contributed by atoms with Gasteiger partial charge in [-0.1, -0.05) is 0 Å². The molecule has 23 N–H and O–H groups in total. The number of aliphatic hydroxyl groups is 19. The molecule has 0 radical (unpaired) electrons. The van der Waals surface area contributed by atoms with E-state index in [1.807, 2.05) is 0 Å². The number of aliphatic hydroxyl groups excluding tert-OH is 19. The van der Waals surface area contributed by atoms with Gasteiger partial charge in [0.2, 0.25) is 17.7 Å². The highest BCUT2D eigenvalue weighted by molar-refractivity contribution is 7.80. The van der Waals surface area contributed by atoms with Gasteiger partial charge < -0.3 is 170 Å². The van der Waals surface area contributed by atoms with E-state index in [2.05, 4.69) is 20.1 Å². The van der Waals surface area contributed by atoms with Gasteiger partial charge in [0.1, 0.15) is 159 Å². The van der Waals surface area contributed by atoms with Crippen molar-refractivity contribution < 1.29 is 185 Å². The lowest BCUT2D eigenvalue weighted by molar-refractivity contribution is -0.399. The number of rotatable bonds is 27. The topological polar surface area (TPSA) is 646 Å². The fraction of sp³-hybridized carbons (Fsp3) is 0.938. The molecule has 34 atom stereocenters. The third-order valence-electron chi connectivity index (χ3n) is 15.5. The molecule has 0 aromatic rings. The normalized spacial score (nSPS) is 44.2. The van der Waals surface area contributed by atoms with Crippen LogP contribution in [0.4, 0.5) is 0 Å². The van der Waals surface area contributed by atoms with Crippen LogP contribution in [0, 0.1) is 0 Å². The largest absolute Gasteiger partial charge is 0.397 e. The minimum atomic E-state index is -5.20. The van der Waals surface area contributed by atoms with E-state index in [4.69, 9.17) is 61.4 Å². The van der Waals surface area contributed by atoms with Gasteiger partial charge in [0.25, 0.3) is 0 Å². The van der Waals surface area contributed by atoms with E-state index in [0.717, 1.165) is 20.8 Å². The molecule has 0 spiro atoms. The minimum Gasteiger partial charge on any atom is -0.394 e. The Balaban J connectivity index is 1.40. The number of hydrogen-bond donors (Lipinski definition) is 23. The number of carbonyl (C=O) groups excluding carboxylic acids is 3. The van der Waals surface area contributed by atoms with Crippen LogP contribution in [-0.4, -0.2) is 382 Å². The number of amides is 3. The lowest BCUT2D eigenvalue weighted by atomic mass is 9.95. The summed E-state index contributed by atoms with van der Waals surface area (Å²) >= 11 is 0. The predicted molar refractivity (Wildman–Crippen MR) is 278 cm³/mol. The molecule has 6 fully saturated rings. The Morgan fingerprint density at radius 2 is 0.900 bits per heavy atom. The van der Waals surface area contributed by atoms with Gasteiger partial charge in [-0.3, -0.25) is 18.9 Å². The second-order valence-corrected chi connectivity index (χ2v) is 23.2. The van der Waals surface area contributed by atoms with E-state index in [1.165, 1.54) is 6.92 Å². The highest BCUT2D eigenvalue weighted by Crippen LogP contribution is 2.37. The first-order valence-corrected chi connectivity index (χ1v) is 29.4. The van der Waals surface area contributed by atoms with Crippen LogP contribution in [-0.2, 0) is 85.8 Å². The molecule has 0 saturated carbocycles. The second-order valence-electron chi connectivity index (χ2n) is 22.1. The third kappa shape index (κ3) is 18.3. The summed E-state index contributed by atoms with van der Waals surface area (Å²) in [6.07, 6.45) is -64.0. The monoisotopic (exact) mass is 1340 g/mol. The molecule has 90 heavy (non-hydrogen) atoms. The van der Waals surface area contributed by atoms with Crippen molar-refractivity contribution in [2.24, 2.45) is 0 Å². The Bertz CT molecular complexity index is 2380. The fourth-order valence-electron chi connectivity index (χ4n) is 10.7. The van der Waals surface area contributed by atoms with Crippen LogP contribution in [0.2, 0.25) is 0 Å². The highest BCUT2D eigenvalue weighted by atomic mass is 32.3. The summed E-state index contributed by atoms with van der Waals surface area (Å²) in [5, 5.41) is 215. The number of carbonyl (C=O) groups is 3. The van der Waals surface area contributed by atoms with Gasteiger partial charge in [-0.15, -0.1) is 0 Å². The smallest absolute Gasteiger partial charge is 0.394 e. The molecule has 0 aromatic carbocycles. The summed E-state index contributed by atoms with van der Waals surface area (Å²) < 4.78 is 106. The van der Waals surface area contributed by atoms with Crippen LogP contribution in [0.15, 0.2) is 0 Å². The van der Waals surface area contributed by atoms with E-state index in [0.29, 0.717) is 0 Å². The van der Waals surface area contributed by atoms with E-state index >= 15 is 0 Å². The maximum absolute atomic E-state index is 12.8. The first kappa shape index (κ1) is 76.1. The molecular weight excluding hydrogens is 1260 g/mol. The number of nitrogens with one attached hydrogen (secondary N) is 3. The molecule has 3 amide bonds. The van der Waals surface area contributed by atoms with Crippen molar-refractivity contribution in [1.82, 2.24) is 16.0 Å². The summed E-state index contributed by atoms with van der Waals surface area (Å²) in [4.78, 5) is 37.7. The van der Waals surface area contributed by atoms with Crippen molar-refractivity contribution in [2.75, 3.05) is 46.2 Å². The molecule has 6 heterocycles. The second kappa shape index (κ2) is 33.1. The average Bonchev–Trinajstić information content (AvgIpc) is 0.790. The zero-order valence-corrected chi connectivity index (χ0v) is 49.1. The van der Waals surface area contributed by atoms with Crippen molar-refractivity contribution in [3.8, 4) is 0 Å². The average molecular weight is 1340 g/mol. The van der Waals surface area contributed by atoms with Gasteiger partial charge in [-0.25, -0.2) is 4.18 Å². The molecule has 42 heteroatoms. The molecule has 524 valence electrons. The number of ether oxygens (including phenoxy) is 12.